The van der Waals surface area contributed by atoms with Crippen LogP contribution in [0.1, 0.15) is 52.6 Å². The Hall–Kier alpha value is -4.93. The highest BCUT2D eigenvalue weighted by atomic mass is 16.5. The van der Waals surface area contributed by atoms with Crippen molar-refractivity contribution in [3.8, 4) is 17.2 Å². The quantitative estimate of drug-likeness (QED) is 0.216. The third-order valence-corrected chi connectivity index (χ3v) is 6.73. The molecule has 0 aromatic heterocycles. The molecule has 2 aromatic rings. The van der Waals surface area contributed by atoms with Crippen LogP contribution in [0.15, 0.2) is 47.4 Å². The normalized spacial score (nSPS) is 19.1. The fourth-order valence-corrected chi connectivity index (χ4v) is 4.59. The van der Waals surface area contributed by atoms with E-state index in [1.165, 1.54) is 52.0 Å². The summed E-state index contributed by atoms with van der Waals surface area (Å²) in [7, 11) is 0. The monoisotopic (exact) mass is 519 g/mol. The summed E-state index contributed by atoms with van der Waals surface area (Å²) in [4.78, 5) is 62.6. The minimum absolute atomic E-state index is 0.00867. The lowest BCUT2D eigenvalue weighted by Crippen LogP contribution is -2.41. The van der Waals surface area contributed by atoms with Gasteiger partial charge in [0.2, 0.25) is 11.8 Å². The molecule has 0 saturated carbocycles. The van der Waals surface area contributed by atoms with Crippen LogP contribution < -0.4 is 21.1 Å². The van der Waals surface area contributed by atoms with Crippen LogP contribution in [0.3, 0.4) is 0 Å². The number of Topliss-reactive ketones (excluding diaryl/α,β-unsaturated/α-hetero) is 2. The third-order valence-electron chi connectivity index (χ3n) is 6.73. The molecule has 0 radical (unpaired) electrons. The Morgan fingerprint density at radius 2 is 1.68 bits per heavy atom. The number of amides is 2. The van der Waals surface area contributed by atoms with Crippen molar-refractivity contribution in [3.05, 3.63) is 69.6 Å². The van der Waals surface area contributed by atoms with Gasteiger partial charge in [0.05, 0.1) is 17.7 Å². The fraction of sp³-hybridized carbons (Fsp3) is 0.222. The van der Waals surface area contributed by atoms with Crippen LogP contribution in [-0.2, 0) is 19.8 Å². The Labute approximate surface area is 217 Å². The van der Waals surface area contributed by atoms with Gasteiger partial charge in [-0.2, -0.15) is 0 Å². The zero-order chi connectivity index (χ0) is 28.1. The standard InChI is InChI=1S/C27H25N3O8/c1-11-22(34)20(13(3)31)24-21(23(11)35)27(4)17(38-24)9-16(32)19(25(27)36)12(2)29-10-18(33)30-15-7-5-14(6-8-15)26(28)37/h5-9,29,34-35H,10H2,1-4H3,(H2,28,37)(H,30,33)/b19-12+/t27-/m1/s1. The maximum atomic E-state index is 13.8. The first-order valence-corrected chi connectivity index (χ1v) is 11.5. The molecule has 0 saturated heterocycles. The summed E-state index contributed by atoms with van der Waals surface area (Å²) >= 11 is 0. The van der Waals surface area contributed by atoms with Gasteiger partial charge in [0.25, 0.3) is 0 Å². The lowest BCUT2D eigenvalue weighted by Gasteiger charge is -2.29. The van der Waals surface area contributed by atoms with E-state index in [9.17, 15) is 34.2 Å². The van der Waals surface area contributed by atoms with E-state index in [1.807, 2.05) is 0 Å². The number of nitrogens with one attached hydrogen (secondary N) is 2. The summed E-state index contributed by atoms with van der Waals surface area (Å²) < 4.78 is 5.72. The average molecular weight is 520 g/mol. The second-order valence-corrected chi connectivity index (χ2v) is 9.23. The van der Waals surface area contributed by atoms with Crippen molar-refractivity contribution in [1.29, 1.82) is 0 Å². The molecule has 0 fully saturated rings. The van der Waals surface area contributed by atoms with Crippen LogP contribution in [0.2, 0.25) is 0 Å². The second-order valence-electron chi connectivity index (χ2n) is 9.23. The lowest BCUT2D eigenvalue weighted by atomic mass is 9.70. The number of nitrogens with two attached hydrogens (primary N) is 1. The molecule has 1 aliphatic heterocycles. The minimum atomic E-state index is -1.65. The van der Waals surface area contributed by atoms with E-state index in [0.29, 0.717) is 5.69 Å². The van der Waals surface area contributed by atoms with Crippen molar-refractivity contribution in [1.82, 2.24) is 5.32 Å². The van der Waals surface area contributed by atoms with E-state index in [1.54, 1.807) is 0 Å². The summed E-state index contributed by atoms with van der Waals surface area (Å²) in [6.45, 7) is 5.22. The number of allylic oxidation sites excluding steroid dienone is 4. The SMILES string of the molecule is CC(=O)c1c(O)c(C)c(O)c2c1OC1=CC(=O)/C(=C(/C)NCC(=O)Nc3ccc(C(N)=O)cc3)C(=O)[C@]12C. The molecular weight excluding hydrogens is 494 g/mol. The van der Waals surface area contributed by atoms with Crippen LogP contribution in [0.25, 0.3) is 0 Å². The van der Waals surface area contributed by atoms with Crippen molar-refractivity contribution in [2.75, 3.05) is 11.9 Å². The van der Waals surface area contributed by atoms with Crippen LogP contribution in [0, 0.1) is 6.92 Å². The van der Waals surface area contributed by atoms with Gasteiger partial charge < -0.3 is 31.3 Å². The highest BCUT2D eigenvalue weighted by molar-refractivity contribution is 6.31. The van der Waals surface area contributed by atoms with Crippen LogP contribution in [0.4, 0.5) is 5.69 Å². The number of aromatic hydroxyl groups is 2. The number of phenols is 2. The molecule has 1 aliphatic carbocycles. The van der Waals surface area contributed by atoms with Gasteiger partial charge in [-0.25, -0.2) is 0 Å². The number of anilines is 1. The highest BCUT2D eigenvalue weighted by Crippen LogP contribution is 2.57. The number of carbonyl (C=O) groups is 5. The Kier molecular flexibility index (Phi) is 6.32. The topological polar surface area (TPSA) is 185 Å². The average Bonchev–Trinajstić information content (AvgIpc) is 3.14. The number of carbonyl (C=O) groups excluding carboxylic acids is 5. The van der Waals surface area contributed by atoms with Crippen molar-refractivity contribution >= 4 is 34.9 Å². The number of benzene rings is 2. The Balaban J connectivity index is 1.64. The smallest absolute Gasteiger partial charge is 0.248 e. The third kappa shape index (κ3) is 3.97. The van der Waals surface area contributed by atoms with Gasteiger partial charge in [0, 0.05) is 28.6 Å². The molecule has 38 heavy (non-hydrogen) atoms. The number of hydrogen-bond donors (Lipinski definition) is 5. The van der Waals surface area contributed by atoms with Gasteiger partial charge in [0.15, 0.2) is 17.3 Å². The molecule has 196 valence electrons. The van der Waals surface area contributed by atoms with Crippen molar-refractivity contribution < 1.29 is 38.9 Å². The van der Waals surface area contributed by atoms with Gasteiger partial charge in [-0.1, -0.05) is 0 Å². The predicted molar refractivity (Wildman–Crippen MR) is 135 cm³/mol. The molecule has 0 unspecified atom stereocenters. The number of hydrogen-bond acceptors (Lipinski definition) is 9. The maximum Gasteiger partial charge on any atom is 0.248 e. The second kappa shape index (κ2) is 9.18. The summed E-state index contributed by atoms with van der Waals surface area (Å²) in [5.41, 5.74) is 3.87. The van der Waals surface area contributed by atoms with E-state index in [0.717, 1.165) is 6.08 Å². The van der Waals surface area contributed by atoms with E-state index in [-0.39, 0.29) is 51.6 Å². The van der Waals surface area contributed by atoms with Gasteiger partial charge in [-0.3, -0.25) is 24.0 Å². The predicted octanol–water partition coefficient (Wildman–Crippen LogP) is 1.90. The Morgan fingerprint density at radius 3 is 2.26 bits per heavy atom. The molecule has 1 heterocycles. The lowest BCUT2D eigenvalue weighted by molar-refractivity contribution is -0.124. The molecule has 4 rings (SSSR count). The molecule has 6 N–H and O–H groups in total. The van der Waals surface area contributed by atoms with E-state index >= 15 is 0 Å². The zero-order valence-corrected chi connectivity index (χ0v) is 21.0. The number of fused-ring (bicyclic) bond motifs is 3. The van der Waals surface area contributed by atoms with Crippen molar-refractivity contribution in [2.24, 2.45) is 5.73 Å². The summed E-state index contributed by atoms with van der Waals surface area (Å²) in [5.74, 6) is -4.20. The van der Waals surface area contributed by atoms with E-state index in [2.05, 4.69) is 10.6 Å². The number of ether oxygens (including phenoxy) is 1. The van der Waals surface area contributed by atoms with Crippen molar-refractivity contribution in [2.45, 2.75) is 33.1 Å². The summed E-state index contributed by atoms with van der Waals surface area (Å²) in [5, 5.41) is 26.7. The molecule has 11 heteroatoms. The first-order chi connectivity index (χ1) is 17.8. The number of rotatable bonds is 6. The molecule has 0 bridgehead atoms. The van der Waals surface area contributed by atoms with Gasteiger partial charge >= 0.3 is 0 Å². The first kappa shape index (κ1) is 26.1. The first-order valence-electron chi connectivity index (χ1n) is 11.5. The molecular formula is C27H25N3O8. The van der Waals surface area contributed by atoms with Crippen molar-refractivity contribution in [3.63, 3.8) is 0 Å². The summed E-state index contributed by atoms with van der Waals surface area (Å²) in [6.07, 6.45) is 1.10. The van der Waals surface area contributed by atoms with Crippen LogP contribution in [0.5, 0.6) is 17.2 Å². The van der Waals surface area contributed by atoms with Gasteiger partial charge in [-0.15, -0.1) is 0 Å². The minimum Gasteiger partial charge on any atom is -0.507 e. The molecule has 2 aromatic carbocycles. The zero-order valence-electron chi connectivity index (χ0n) is 21.0. The molecule has 2 aliphatic rings. The number of primary amides is 1. The molecule has 2 amide bonds. The van der Waals surface area contributed by atoms with Crippen LogP contribution >= 0.6 is 0 Å². The maximum absolute atomic E-state index is 13.8. The largest absolute Gasteiger partial charge is 0.507 e. The van der Waals surface area contributed by atoms with Gasteiger partial charge in [0.1, 0.15) is 34.0 Å². The fourth-order valence-electron chi connectivity index (χ4n) is 4.59. The van der Waals surface area contributed by atoms with Crippen LogP contribution in [-0.4, -0.2) is 45.9 Å². The van der Waals surface area contributed by atoms with Gasteiger partial charge in [-0.05, 0) is 52.0 Å². The molecule has 0 spiro atoms. The summed E-state index contributed by atoms with van der Waals surface area (Å²) in [6, 6.07) is 5.92. The van der Waals surface area contributed by atoms with E-state index in [4.69, 9.17) is 10.5 Å². The Bertz CT molecular complexity index is 1520. The number of ketones is 3. The number of phenolic OH excluding ortho intramolecular Hbond substituents is 2. The van der Waals surface area contributed by atoms with E-state index < -0.39 is 46.1 Å². The highest BCUT2D eigenvalue weighted by Gasteiger charge is 2.56. The molecule has 11 nitrogen and oxygen atoms in total. The molecule has 1 atom stereocenters. The Morgan fingerprint density at radius 1 is 1.05 bits per heavy atom.